The van der Waals surface area contributed by atoms with Crippen LogP contribution in [0.4, 0.5) is 0 Å². The third-order valence-corrected chi connectivity index (χ3v) is 5.30. The van der Waals surface area contributed by atoms with Crippen molar-refractivity contribution in [3.8, 4) is 0 Å². The van der Waals surface area contributed by atoms with E-state index in [0.717, 1.165) is 57.8 Å². The number of aliphatic hydroxyl groups is 3. The summed E-state index contributed by atoms with van der Waals surface area (Å²) in [7, 11) is 0. The topological polar surface area (TPSA) is 69.9 Å². The van der Waals surface area contributed by atoms with Crippen molar-refractivity contribution in [2.75, 3.05) is 0 Å². The molecule has 1 fully saturated rings. The normalized spacial score (nSPS) is 29.6. The molecule has 0 amide bonds. The van der Waals surface area contributed by atoms with Crippen LogP contribution in [0.2, 0.25) is 0 Å². The molecule has 1 saturated heterocycles. The Hall–Kier alpha value is -1.72. The minimum Gasteiger partial charge on any atom is -0.375 e. The molecule has 2 unspecified atom stereocenters. The summed E-state index contributed by atoms with van der Waals surface area (Å²) in [6, 6.07) is 0. The van der Waals surface area contributed by atoms with Crippen molar-refractivity contribution in [2.24, 2.45) is 0 Å². The van der Waals surface area contributed by atoms with Gasteiger partial charge in [-0.2, -0.15) is 0 Å². The quantitative estimate of drug-likeness (QED) is 0.219. The lowest BCUT2D eigenvalue weighted by atomic mass is 9.76. The van der Waals surface area contributed by atoms with Gasteiger partial charge in [-0.05, 0) is 37.5 Å². The van der Waals surface area contributed by atoms with E-state index in [9.17, 15) is 15.3 Å². The summed E-state index contributed by atoms with van der Waals surface area (Å²) in [5, 5.41) is 33.0. The SMILES string of the molecule is CCCC/C=C/C=C/C1(O)OC(O)(/C=C/C=C/CCCC)C1(O)/C=C/C=C/CCCC. The maximum atomic E-state index is 11.2. The van der Waals surface area contributed by atoms with Crippen LogP contribution in [-0.2, 0) is 4.74 Å². The summed E-state index contributed by atoms with van der Waals surface area (Å²) in [4.78, 5) is 0. The first-order chi connectivity index (χ1) is 14.9. The first kappa shape index (κ1) is 27.3. The van der Waals surface area contributed by atoms with Crippen molar-refractivity contribution in [3.05, 3.63) is 72.9 Å². The number of hydrogen-bond donors (Lipinski definition) is 3. The number of rotatable bonds is 15. The monoisotopic (exact) mass is 430 g/mol. The van der Waals surface area contributed by atoms with Crippen LogP contribution in [0.15, 0.2) is 72.9 Å². The van der Waals surface area contributed by atoms with E-state index >= 15 is 0 Å². The van der Waals surface area contributed by atoms with E-state index in [1.165, 1.54) is 18.2 Å². The highest BCUT2D eigenvalue weighted by Crippen LogP contribution is 2.50. The smallest absolute Gasteiger partial charge is 0.228 e. The molecule has 0 aromatic heterocycles. The fourth-order valence-electron chi connectivity index (χ4n) is 3.22. The largest absolute Gasteiger partial charge is 0.375 e. The van der Waals surface area contributed by atoms with Gasteiger partial charge in [0.2, 0.25) is 11.6 Å². The molecule has 0 saturated carbocycles. The summed E-state index contributed by atoms with van der Waals surface area (Å²) in [6.07, 6.45) is 30.0. The van der Waals surface area contributed by atoms with Crippen LogP contribution in [0, 0.1) is 0 Å². The number of hydrogen-bond acceptors (Lipinski definition) is 4. The summed E-state index contributed by atoms with van der Waals surface area (Å²) >= 11 is 0. The van der Waals surface area contributed by atoms with Crippen LogP contribution in [0.5, 0.6) is 0 Å². The van der Waals surface area contributed by atoms with Gasteiger partial charge in [-0.3, -0.25) is 0 Å². The summed E-state index contributed by atoms with van der Waals surface area (Å²) in [5.41, 5.74) is -2.02. The highest BCUT2D eigenvalue weighted by molar-refractivity contribution is 5.35. The van der Waals surface area contributed by atoms with E-state index in [1.54, 1.807) is 18.2 Å². The molecule has 174 valence electrons. The number of unbranched alkanes of at least 4 members (excludes halogenated alkanes) is 6. The molecule has 1 aliphatic rings. The van der Waals surface area contributed by atoms with E-state index in [0.29, 0.717) is 0 Å². The maximum Gasteiger partial charge on any atom is 0.228 e. The van der Waals surface area contributed by atoms with Gasteiger partial charge in [0.25, 0.3) is 0 Å². The van der Waals surface area contributed by atoms with E-state index < -0.39 is 17.2 Å². The maximum absolute atomic E-state index is 11.2. The van der Waals surface area contributed by atoms with Gasteiger partial charge in [-0.25, -0.2) is 0 Å². The van der Waals surface area contributed by atoms with Crippen LogP contribution in [-0.4, -0.2) is 32.5 Å². The van der Waals surface area contributed by atoms with E-state index in [-0.39, 0.29) is 0 Å². The first-order valence-electron chi connectivity index (χ1n) is 11.8. The van der Waals surface area contributed by atoms with Crippen molar-refractivity contribution >= 4 is 0 Å². The van der Waals surface area contributed by atoms with Crippen LogP contribution >= 0.6 is 0 Å². The van der Waals surface area contributed by atoms with Gasteiger partial charge in [-0.15, -0.1) is 0 Å². The Balaban J connectivity index is 2.97. The zero-order valence-corrected chi connectivity index (χ0v) is 19.5. The van der Waals surface area contributed by atoms with Crippen molar-refractivity contribution in [1.29, 1.82) is 0 Å². The second-order valence-corrected chi connectivity index (χ2v) is 8.05. The average molecular weight is 431 g/mol. The van der Waals surface area contributed by atoms with Crippen LogP contribution in [0.25, 0.3) is 0 Å². The van der Waals surface area contributed by atoms with Gasteiger partial charge in [0.1, 0.15) is 0 Å². The van der Waals surface area contributed by atoms with Gasteiger partial charge in [0.05, 0.1) is 0 Å². The van der Waals surface area contributed by atoms with Crippen LogP contribution < -0.4 is 0 Å². The van der Waals surface area contributed by atoms with Crippen molar-refractivity contribution in [1.82, 2.24) is 0 Å². The summed E-state index contributed by atoms with van der Waals surface area (Å²) in [6.45, 7) is 6.39. The lowest BCUT2D eigenvalue weighted by Gasteiger charge is -2.58. The van der Waals surface area contributed by atoms with Crippen LogP contribution in [0.3, 0.4) is 0 Å². The van der Waals surface area contributed by atoms with Gasteiger partial charge in [0.15, 0.2) is 5.60 Å². The van der Waals surface area contributed by atoms with Crippen molar-refractivity contribution in [2.45, 2.75) is 95.7 Å². The fraction of sp³-hybridized carbons (Fsp3) is 0.556. The molecule has 4 nitrogen and oxygen atoms in total. The molecule has 0 aromatic carbocycles. The Morgan fingerprint density at radius 2 is 0.903 bits per heavy atom. The van der Waals surface area contributed by atoms with E-state index in [4.69, 9.17) is 4.74 Å². The molecule has 0 aromatic rings. The summed E-state index contributed by atoms with van der Waals surface area (Å²) < 4.78 is 5.43. The molecule has 31 heavy (non-hydrogen) atoms. The van der Waals surface area contributed by atoms with Crippen molar-refractivity contribution < 1.29 is 20.1 Å². The van der Waals surface area contributed by atoms with Crippen LogP contribution in [0.1, 0.15) is 78.6 Å². The molecule has 1 aliphatic heterocycles. The minimum atomic E-state index is -2.03. The molecule has 1 heterocycles. The molecule has 1 rings (SSSR count). The molecular formula is C27H42O4. The molecule has 3 N–H and O–H groups in total. The predicted molar refractivity (Wildman–Crippen MR) is 129 cm³/mol. The number of ether oxygens (including phenoxy) is 1. The minimum absolute atomic E-state index is 0.940. The second kappa shape index (κ2) is 14.4. The Morgan fingerprint density at radius 1 is 0.548 bits per heavy atom. The molecule has 2 atom stereocenters. The lowest BCUT2D eigenvalue weighted by Crippen LogP contribution is -2.79. The Bertz CT molecular complexity index is 631. The van der Waals surface area contributed by atoms with Gasteiger partial charge >= 0.3 is 0 Å². The zero-order chi connectivity index (χ0) is 23.1. The number of allylic oxidation sites excluding steroid dienone is 9. The second-order valence-electron chi connectivity index (χ2n) is 8.05. The highest BCUT2D eigenvalue weighted by Gasteiger charge is 2.72. The fourth-order valence-corrected chi connectivity index (χ4v) is 3.22. The Labute approximate surface area is 189 Å². The Morgan fingerprint density at radius 3 is 1.26 bits per heavy atom. The van der Waals surface area contributed by atoms with Gasteiger partial charge in [-0.1, -0.05) is 114 Å². The first-order valence-corrected chi connectivity index (χ1v) is 11.8. The molecule has 0 spiro atoms. The zero-order valence-electron chi connectivity index (χ0n) is 19.5. The van der Waals surface area contributed by atoms with Crippen molar-refractivity contribution in [3.63, 3.8) is 0 Å². The van der Waals surface area contributed by atoms with E-state index in [2.05, 4.69) is 20.8 Å². The van der Waals surface area contributed by atoms with Gasteiger partial charge in [0, 0.05) is 0 Å². The summed E-state index contributed by atoms with van der Waals surface area (Å²) in [5.74, 6) is -4.05. The third-order valence-electron chi connectivity index (χ3n) is 5.30. The van der Waals surface area contributed by atoms with Gasteiger partial charge < -0.3 is 20.1 Å². The third kappa shape index (κ3) is 8.04. The highest BCUT2D eigenvalue weighted by atomic mass is 16.8. The predicted octanol–water partition coefficient (Wildman–Crippen LogP) is 6.03. The molecule has 4 heteroatoms. The van der Waals surface area contributed by atoms with E-state index in [1.807, 2.05) is 36.5 Å². The Kier molecular flexibility index (Phi) is 12.7. The molecule has 0 radical (unpaired) electrons. The molecule has 0 bridgehead atoms. The molecular weight excluding hydrogens is 388 g/mol. The standard InChI is InChI=1S/C27H42O4/c1-4-7-10-13-16-19-22-25(28)26(29,23-20-17-14-11-8-5-2)31-27(25,30)24-21-18-15-12-9-6-3/h13-24,28-30H,4-12H2,1-3H3/b16-13+,17-14+,18-15+,22-19+,23-20+,24-21+. The lowest BCUT2D eigenvalue weighted by molar-refractivity contribution is -0.481. The molecule has 0 aliphatic carbocycles. The average Bonchev–Trinajstić information content (AvgIpc) is 2.75.